The number of aryl methyl sites for hydroxylation is 1. The zero-order valence-corrected chi connectivity index (χ0v) is 12.2. The summed E-state index contributed by atoms with van der Waals surface area (Å²) in [6, 6.07) is 8.69. The monoisotopic (exact) mass is 295 g/mol. The molecule has 0 aliphatic heterocycles. The molecule has 2 aromatic rings. The van der Waals surface area contributed by atoms with Gasteiger partial charge < -0.3 is 5.11 Å². The molecule has 0 amide bonds. The Balaban J connectivity index is 2.40. The Morgan fingerprint density at radius 1 is 1.25 bits per heavy atom. The Hall–Kier alpha value is -1.86. The fraction of sp³-hybridized carbons (Fsp3) is 0.308. The molecule has 2 rings (SSSR count). The van der Waals surface area contributed by atoms with Crippen LogP contribution < -0.4 is 4.72 Å². The van der Waals surface area contributed by atoms with Gasteiger partial charge >= 0.3 is 0 Å². The van der Waals surface area contributed by atoms with Gasteiger partial charge in [0.2, 0.25) is 0 Å². The number of benzene rings is 1. The van der Waals surface area contributed by atoms with Gasteiger partial charge in [-0.15, -0.1) is 0 Å². The number of sulfonamides is 1. The van der Waals surface area contributed by atoms with Crippen molar-refractivity contribution in [2.75, 3.05) is 11.3 Å². The van der Waals surface area contributed by atoms with E-state index in [4.69, 9.17) is 5.11 Å². The van der Waals surface area contributed by atoms with Crippen LogP contribution in [-0.2, 0) is 16.6 Å². The predicted octanol–water partition coefficient (Wildman–Crippen LogP) is 1.29. The maximum Gasteiger partial charge on any atom is 0.265 e. The average Bonchev–Trinajstić information content (AvgIpc) is 2.66. The number of hydrogen-bond donors (Lipinski definition) is 2. The average molecular weight is 295 g/mol. The second-order valence-electron chi connectivity index (χ2n) is 4.42. The summed E-state index contributed by atoms with van der Waals surface area (Å²) < 4.78 is 28.9. The van der Waals surface area contributed by atoms with Crippen LogP contribution in [0.2, 0.25) is 0 Å². The number of anilines is 1. The van der Waals surface area contributed by atoms with Crippen molar-refractivity contribution >= 4 is 15.7 Å². The van der Waals surface area contributed by atoms with E-state index in [1.807, 2.05) is 6.07 Å². The fourth-order valence-corrected chi connectivity index (χ4v) is 3.57. The maximum absolute atomic E-state index is 12.4. The van der Waals surface area contributed by atoms with E-state index in [2.05, 4.69) is 9.82 Å². The molecular weight excluding hydrogens is 278 g/mol. The van der Waals surface area contributed by atoms with Gasteiger partial charge in [0, 0.05) is 5.69 Å². The molecule has 0 aliphatic rings. The number of aliphatic hydroxyl groups excluding tert-OH is 1. The molecule has 0 atom stereocenters. The van der Waals surface area contributed by atoms with E-state index < -0.39 is 10.0 Å². The topological polar surface area (TPSA) is 84.2 Å². The van der Waals surface area contributed by atoms with Crippen LogP contribution in [0.1, 0.15) is 11.4 Å². The van der Waals surface area contributed by atoms with Gasteiger partial charge in [0.15, 0.2) is 0 Å². The SMILES string of the molecule is Cc1nn(CCO)c(C)c1S(=O)(=O)Nc1ccccc1. The van der Waals surface area contributed by atoms with E-state index in [0.29, 0.717) is 17.1 Å². The highest BCUT2D eigenvalue weighted by Crippen LogP contribution is 2.22. The van der Waals surface area contributed by atoms with Gasteiger partial charge in [-0.2, -0.15) is 5.10 Å². The molecule has 0 unspecified atom stereocenters. The summed E-state index contributed by atoms with van der Waals surface area (Å²) in [5, 5.41) is 13.1. The summed E-state index contributed by atoms with van der Waals surface area (Å²) in [6.45, 7) is 3.50. The lowest BCUT2D eigenvalue weighted by molar-refractivity contribution is 0.267. The molecule has 7 heteroatoms. The molecule has 1 aromatic heterocycles. The molecule has 0 fully saturated rings. The minimum Gasteiger partial charge on any atom is -0.394 e. The van der Waals surface area contributed by atoms with Crippen molar-refractivity contribution in [3.05, 3.63) is 41.7 Å². The lowest BCUT2D eigenvalue weighted by Gasteiger charge is -2.08. The zero-order valence-electron chi connectivity index (χ0n) is 11.4. The summed E-state index contributed by atoms with van der Waals surface area (Å²) in [5.74, 6) is 0. The Morgan fingerprint density at radius 2 is 1.90 bits per heavy atom. The number of nitrogens with one attached hydrogen (secondary N) is 1. The zero-order chi connectivity index (χ0) is 14.8. The largest absolute Gasteiger partial charge is 0.394 e. The van der Waals surface area contributed by atoms with Gasteiger partial charge in [0.25, 0.3) is 10.0 Å². The van der Waals surface area contributed by atoms with Gasteiger partial charge in [0.05, 0.1) is 24.5 Å². The minimum absolute atomic E-state index is 0.0897. The molecule has 6 nitrogen and oxygen atoms in total. The van der Waals surface area contributed by atoms with Gasteiger partial charge in [-0.25, -0.2) is 8.42 Å². The number of para-hydroxylation sites is 1. The predicted molar refractivity (Wildman–Crippen MR) is 76.0 cm³/mol. The Morgan fingerprint density at radius 3 is 2.50 bits per heavy atom. The molecule has 0 spiro atoms. The molecular formula is C13H17N3O3S. The molecule has 108 valence electrons. The van der Waals surface area contributed by atoms with Crippen LogP contribution >= 0.6 is 0 Å². The highest BCUT2D eigenvalue weighted by molar-refractivity contribution is 7.92. The smallest absolute Gasteiger partial charge is 0.265 e. The first-order valence-corrected chi connectivity index (χ1v) is 7.67. The van der Waals surface area contributed by atoms with Gasteiger partial charge in [-0.05, 0) is 26.0 Å². The Bertz CT molecular complexity index is 693. The molecule has 1 heterocycles. The number of aromatic nitrogens is 2. The van der Waals surface area contributed by atoms with Crippen molar-refractivity contribution < 1.29 is 13.5 Å². The quantitative estimate of drug-likeness (QED) is 0.870. The summed E-state index contributed by atoms with van der Waals surface area (Å²) in [4.78, 5) is 0.162. The molecule has 0 aliphatic carbocycles. The van der Waals surface area contributed by atoms with E-state index >= 15 is 0 Å². The molecule has 0 bridgehead atoms. The van der Waals surface area contributed by atoms with Gasteiger partial charge in [-0.1, -0.05) is 18.2 Å². The van der Waals surface area contributed by atoms with Gasteiger partial charge in [-0.3, -0.25) is 9.40 Å². The normalized spacial score (nSPS) is 11.6. The van der Waals surface area contributed by atoms with Crippen LogP contribution in [0.25, 0.3) is 0 Å². The van der Waals surface area contributed by atoms with Crippen molar-refractivity contribution in [2.45, 2.75) is 25.3 Å². The Labute approximate surface area is 118 Å². The standard InChI is InChI=1S/C13H17N3O3S/c1-10-13(11(2)16(14-10)8-9-17)20(18,19)15-12-6-4-3-5-7-12/h3-7,15,17H,8-9H2,1-2H3. The molecule has 1 aromatic carbocycles. The summed E-state index contributed by atoms with van der Waals surface area (Å²) >= 11 is 0. The highest BCUT2D eigenvalue weighted by atomic mass is 32.2. The molecule has 2 N–H and O–H groups in total. The van der Waals surface area contributed by atoms with E-state index in [1.165, 1.54) is 4.68 Å². The van der Waals surface area contributed by atoms with Gasteiger partial charge in [0.1, 0.15) is 4.90 Å². The van der Waals surface area contributed by atoms with E-state index in [9.17, 15) is 8.42 Å². The third-order valence-corrected chi connectivity index (χ3v) is 4.55. The van der Waals surface area contributed by atoms with Crippen molar-refractivity contribution in [1.29, 1.82) is 0 Å². The third kappa shape index (κ3) is 2.83. The number of rotatable bonds is 5. The summed E-state index contributed by atoms with van der Waals surface area (Å²) in [6.07, 6.45) is 0. The number of hydrogen-bond acceptors (Lipinski definition) is 4. The van der Waals surface area contributed by atoms with Crippen LogP contribution in [-0.4, -0.2) is 29.9 Å². The van der Waals surface area contributed by atoms with Crippen LogP contribution in [0.3, 0.4) is 0 Å². The summed E-state index contributed by atoms with van der Waals surface area (Å²) in [5.41, 5.74) is 1.43. The first kappa shape index (κ1) is 14.5. The summed E-state index contributed by atoms with van der Waals surface area (Å²) in [7, 11) is -3.69. The highest BCUT2D eigenvalue weighted by Gasteiger charge is 2.24. The lowest BCUT2D eigenvalue weighted by Crippen LogP contribution is -2.15. The first-order chi connectivity index (χ1) is 9.45. The molecule has 0 radical (unpaired) electrons. The Kier molecular flexibility index (Phi) is 4.10. The third-order valence-electron chi connectivity index (χ3n) is 2.92. The van der Waals surface area contributed by atoms with Crippen LogP contribution in [0.4, 0.5) is 5.69 Å². The van der Waals surface area contributed by atoms with Crippen molar-refractivity contribution in [1.82, 2.24) is 9.78 Å². The number of nitrogens with zero attached hydrogens (tertiary/aromatic N) is 2. The second-order valence-corrected chi connectivity index (χ2v) is 6.04. The number of aliphatic hydroxyl groups is 1. The minimum atomic E-state index is -3.69. The van der Waals surface area contributed by atoms with Crippen LogP contribution in [0, 0.1) is 13.8 Å². The van der Waals surface area contributed by atoms with Crippen LogP contribution in [0.15, 0.2) is 35.2 Å². The van der Waals surface area contributed by atoms with Crippen LogP contribution in [0.5, 0.6) is 0 Å². The second kappa shape index (κ2) is 5.64. The lowest BCUT2D eigenvalue weighted by atomic mass is 10.3. The maximum atomic E-state index is 12.4. The molecule has 0 saturated carbocycles. The molecule has 0 saturated heterocycles. The van der Waals surface area contributed by atoms with Crippen molar-refractivity contribution in [3.8, 4) is 0 Å². The first-order valence-electron chi connectivity index (χ1n) is 6.18. The van der Waals surface area contributed by atoms with E-state index in [1.54, 1.807) is 38.1 Å². The fourth-order valence-electron chi connectivity index (χ4n) is 2.09. The van der Waals surface area contributed by atoms with Crippen molar-refractivity contribution in [2.24, 2.45) is 0 Å². The van der Waals surface area contributed by atoms with E-state index in [-0.39, 0.29) is 18.0 Å². The van der Waals surface area contributed by atoms with E-state index in [0.717, 1.165) is 0 Å². The molecule has 20 heavy (non-hydrogen) atoms. The van der Waals surface area contributed by atoms with Crippen molar-refractivity contribution in [3.63, 3.8) is 0 Å².